The number of rotatable bonds is 3. The van der Waals surface area contributed by atoms with E-state index in [4.69, 9.17) is 9.47 Å². The van der Waals surface area contributed by atoms with Gasteiger partial charge in [-0.25, -0.2) is 4.98 Å². The molecule has 0 aliphatic heterocycles. The lowest BCUT2D eigenvalue weighted by atomic mass is 9.95. The predicted octanol–water partition coefficient (Wildman–Crippen LogP) is 2.08. The topological polar surface area (TPSA) is 60.5 Å². The molecule has 1 N–H and O–H groups in total. The summed E-state index contributed by atoms with van der Waals surface area (Å²) in [5.74, 6) is 0.677. The lowest BCUT2D eigenvalue weighted by Crippen LogP contribution is -2.27. The molecule has 0 radical (unpaired) electrons. The summed E-state index contributed by atoms with van der Waals surface area (Å²) < 4.78 is 10.2. The Morgan fingerprint density at radius 1 is 1.29 bits per heavy atom. The molecule has 0 atom stereocenters. The lowest BCUT2D eigenvalue weighted by molar-refractivity contribution is -0.123. The fourth-order valence-electron chi connectivity index (χ4n) is 1.18. The van der Waals surface area contributed by atoms with Crippen molar-refractivity contribution in [3.05, 3.63) is 12.3 Å². The van der Waals surface area contributed by atoms with Gasteiger partial charge in [-0.1, -0.05) is 20.8 Å². The summed E-state index contributed by atoms with van der Waals surface area (Å²) >= 11 is 0. The molecular formula is C12H18N2O3. The predicted molar refractivity (Wildman–Crippen MR) is 65.4 cm³/mol. The highest BCUT2D eigenvalue weighted by Crippen LogP contribution is 2.33. The average Bonchev–Trinajstić information content (AvgIpc) is 2.27. The van der Waals surface area contributed by atoms with Gasteiger partial charge in [-0.05, 0) is 6.07 Å². The van der Waals surface area contributed by atoms with Gasteiger partial charge in [0.1, 0.15) is 0 Å². The van der Waals surface area contributed by atoms with E-state index in [9.17, 15) is 4.79 Å². The van der Waals surface area contributed by atoms with Gasteiger partial charge in [0.05, 0.1) is 19.9 Å². The van der Waals surface area contributed by atoms with Crippen molar-refractivity contribution in [2.24, 2.45) is 5.41 Å². The second-order valence-corrected chi connectivity index (χ2v) is 4.61. The number of pyridine rings is 1. The summed E-state index contributed by atoms with van der Waals surface area (Å²) in [6.45, 7) is 5.52. The number of nitrogens with one attached hydrogen (secondary N) is 1. The van der Waals surface area contributed by atoms with Crippen LogP contribution in [0.15, 0.2) is 12.3 Å². The highest BCUT2D eigenvalue weighted by Gasteiger charge is 2.23. The van der Waals surface area contributed by atoms with E-state index in [2.05, 4.69) is 10.3 Å². The number of hydrogen-bond donors (Lipinski definition) is 1. The molecule has 0 unspecified atom stereocenters. The van der Waals surface area contributed by atoms with E-state index in [0.29, 0.717) is 17.3 Å². The van der Waals surface area contributed by atoms with Crippen LogP contribution in [0.5, 0.6) is 11.6 Å². The zero-order valence-electron chi connectivity index (χ0n) is 10.8. The number of hydrogen-bond acceptors (Lipinski definition) is 4. The smallest absolute Gasteiger partial charge is 0.258 e. The Bertz CT molecular complexity index is 411. The van der Waals surface area contributed by atoms with E-state index in [1.165, 1.54) is 14.2 Å². The van der Waals surface area contributed by atoms with Crippen LogP contribution in [0.1, 0.15) is 20.8 Å². The Morgan fingerprint density at radius 2 is 1.94 bits per heavy atom. The summed E-state index contributed by atoms with van der Waals surface area (Å²) in [6.07, 6.45) is 1.56. The molecule has 17 heavy (non-hydrogen) atoms. The molecule has 1 amide bonds. The second-order valence-electron chi connectivity index (χ2n) is 4.61. The van der Waals surface area contributed by atoms with E-state index in [1.807, 2.05) is 20.8 Å². The van der Waals surface area contributed by atoms with Crippen molar-refractivity contribution in [1.29, 1.82) is 0 Å². The van der Waals surface area contributed by atoms with E-state index >= 15 is 0 Å². The Hall–Kier alpha value is -1.78. The van der Waals surface area contributed by atoms with E-state index in [1.54, 1.807) is 12.3 Å². The molecular weight excluding hydrogens is 220 g/mol. The van der Waals surface area contributed by atoms with Crippen molar-refractivity contribution in [2.45, 2.75) is 20.8 Å². The normalized spacial score (nSPS) is 10.9. The van der Waals surface area contributed by atoms with Gasteiger partial charge in [0, 0.05) is 11.6 Å². The van der Waals surface area contributed by atoms with Crippen LogP contribution in [0.3, 0.4) is 0 Å². The first-order valence-corrected chi connectivity index (χ1v) is 5.28. The molecule has 1 aromatic rings. The average molecular weight is 238 g/mol. The van der Waals surface area contributed by atoms with Crippen LogP contribution in [-0.2, 0) is 4.79 Å². The van der Waals surface area contributed by atoms with Gasteiger partial charge in [0.15, 0.2) is 0 Å². The number of aromatic nitrogens is 1. The van der Waals surface area contributed by atoms with Crippen LogP contribution in [-0.4, -0.2) is 25.1 Å². The van der Waals surface area contributed by atoms with Gasteiger partial charge in [0.25, 0.3) is 5.88 Å². The van der Waals surface area contributed by atoms with Gasteiger partial charge in [0.2, 0.25) is 11.7 Å². The maximum atomic E-state index is 11.9. The highest BCUT2D eigenvalue weighted by molar-refractivity contribution is 5.96. The molecule has 0 aromatic carbocycles. The SMILES string of the molecule is COc1nccc(NC(=O)C(C)(C)C)c1OC. The first kappa shape index (κ1) is 13.3. The number of amides is 1. The Balaban J connectivity index is 3.03. The third-order valence-electron chi connectivity index (χ3n) is 2.20. The minimum Gasteiger partial charge on any atom is -0.490 e. The highest BCUT2D eigenvalue weighted by atomic mass is 16.5. The van der Waals surface area contributed by atoms with Crippen LogP contribution in [0.25, 0.3) is 0 Å². The number of carbonyl (C=O) groups excluding carboxylic acids is 1. The molecule has 1 heterocycles. The monoisotopic (exact) mass is 238 g/mol. The van der Waals surface area contributed by atoms with Crippen LogP contribution in [0, 0.1) is 5.41 Å². The van der Waals surface area contributed by atoms with Crippen LogP contribution < -0.4 is 14.8 Å². The fraction of sp³-hybridized carbons (Fsp3) is 0.500. The quantitative estimate of drug-likeness (QED) is 0.875. The minimum absolute atomic E-state index is 0.0935. The van der Waals surface area contributed by atoms with Gasteiger partial charge in [-0.3, -0.25) is 4.79 Å². The maximum absolute atomic E-state index is 11.9. The molecule has 5 heteroatoms. The first-order chi connectivity index (χ1) is 7.90. The standard InChI is InChI=1S/C12H18N2O3/c1-12(2,3)11(15)14-8-6-7-13-10(17-5)9(8)16-4/h6-7H,1-5H3,(H,13,14,15). The number of methoxy groups -OCH3 is 2. The molecule has 0 spiro atoms. The van der Waals surface area contributed by atoms with Crippen LogP contribution in [0.4, 0.5) is 5.69 Å². The first-order valence-electron chi connectivity index (χ1n) is 5.28. The lowest BCUT2D eigenvalue weighted by Gasteiger charge is -2.19. The second kappa shape index (κ2) is 5.03. The largest absolute Gasteiger partial charge is 0.490 e. The van der Waals surface area contributed by atoms with Crippen molar-refractivity contribution in [3.63, 3.8) is 0 Å². The van der Waals surface area contributed by atoms with E-state index in [-0.39, 0.29) is 5.91 Å². The maximum Gasteiger partial charge on any atom is 0.258 e. The molecule has 1 rings (SSSR count). The number of anilines is 1. The molecule has 5 nitrogen and oxygen atoms in total. The molecule has 1 aromatic heterocycles. The zero-order chi connectivity index (χ0) is 13.1. The molecule has 0 fully saturated rings. The summed E-state index contributed by atoms with van der Waals surface area (Å²) in [5, 5.41) is 2.79. The van der Waals surface area contributed by atoms with Crippen molar-refractivity contribution >= 4 is 11.6 Å². The van der Waals surface area contributed by atoms with Crippen molar-refractivity contribution in [3.8, 4) is 11.6 Å². The minimum atomic E-state index is -0.471. The van der Waals surface area contributed by atoms with E-state index in [0.717, 1.165) is 0 Å². The van der Waals surface area contributed by atoms with Gasteiger partial charge in [-0.15, -0.1) is 0 Å². The Morgan fingerprint density at radius 3 is 2.41 bits per heavy atom. The Kier molecular flexibility index (Phi) is 3.93. The van der Waals surface area contributed by atoms with Gasteiger partial charge in [-0.2, -0.15) is 0 Å². The molecule has 0 aliphatic carbocycles. The van der Waals surface area contributed by atoms with E-state index < -0.39 is 5.41 Å². The number of nitrogens with zero attached hydrogens (tertiary/aromatic N) is 1. The van der Waals surface area contributed by atoms with Gasteiger partial charge < -0.3 is 14.8 Å². The molecule has 94 valence electrons. The van der Waals surface area contributed by atoms with Gasteiger partial charge >= 0.3 is 0 Å². The summed E-state index contributed by atoms with van der Waals surface area (Å²) in [5.41, 5.74) is 0.0842. The zero-order valence-corrected chi connectivity index (χ0v) is 10.8. The third kappa shape index (κ3) is 3.09. The van der Waals surface area contributed by atoms with Crippen LogP contribution in [0.2, 0.25) is 0 Å². The van der Waals surface area contributed by atoms with Crippen molar-refractivity contribution in [2.75, 3.05) is 19.5 Å². The Labute approximate surface area is 101 Å². The summed E-state index contributed by atoms with van der Waals surface area (Å²) in [6, 6.07) is 1.67. The fourth-order valence-corrected chi connectivity index (χ4v) is 1.18. The third-order valence-corrected chi connectivity index (χ3v) is 2.20. The summed E-state index contributed by atoms with van der Waals surface area (Å²) in [4.78, 5) is 15.9. The molecule has 0 bridgehead atoms. The number of carbonyl (C=O) groups is 1. The number of ether oxygens (including phenoxy) is 2. The van der Waals surface area contributed by atoms with Crippen molar-refractivity contribution < 1.29 is 14.3 Å². The summed E-state index contributed by atoms with van der Waals surface area (Å²) in [7, 11) is 3.01. The van der Waals surface area contributed by atoms with Crippen molar-refractivity contribution in [1.82, 2.24) is 4.98 Å². The van der Waals surface area contributed by atoms with Crippen LogP contribution >= 0.6 is 0 Å². The molecule has 0 aliphatic rings. The molecule has 0 saturated carbocycles. The molecule has 0 saturated heterocycles.